The molecule has 0 spiro atoms. The van der Waals surface area contributed by atoms with Crippen LogP contribution in [0.5, 0.6) is 0 Å². The Bertz CT molecular complexity index is 580. The number of nitrogens with one attached hydrogen (secondary N) is 2. The number of nitrogens with two attached hydrogens (primary N) is 1. The summed E-state index contributed by atoms with van der Waals surface area (Å²) in [6.45, 7) is 0. The number of amides is 1. The molecule has 0 bridgehead atoms. The van der Waals surface area contributed by atoms with Gasteiger partial charge in [-0.1, -0.05) is 0 Å². The van der Waals surface area contributed by atoms with Crippen LogP contribution in [0.1, 0.15) is 48.9 Å². The predicted octanol–water partition coefficient (Wildman–Crippen LogP) is 0.831. The summed E-state index contributed by atoms with van der Waals surface area (Å²) in [5, 5.41) is 26.0. The zero-order valence-electron chi connectivity index (χ0n) is 13.0. The molecule has 7 heteroatoms. The summed E-state index contributed by atoms with van der Waals surface area (Å²) in [7, 11) is 0. The van der Waals surface area contributed by atoms with E-state index in [1.165, 1.54) is 6.20 Å². The number of carbonyl (C=O) groups is 1. The molecule has 2 fully saturated rings. The number of aliphatic hydroxyl groups excluding tert-OH is 2. The van der Waals surface area contributed by atoms with E-state index in [0.29, 0.717) is 23.5 Å². The van der Waals surface area contributed by atoms with Crippen LogP contribution >= 0.6 is 0 Å². The second kappa shape index (κ2) is 6.72. The van der Waals surface area contributed by atoms with Crippen molar-refractivity contribution >= 4 is 17.4 Å². The van der Waals surface area contributed by atoms with E-state index in [-0.39, 0.29) is 24.3 Å². The summed E-state index contributed by atoms with van der Waals surface area (Å²) in [5.41, 5.74) is 6.39. The van der Waals surface area contributed by atoms with Crippen LogP contribution in [0.25, 0.3) is 0 Å². The fourth-order valence-electron chi connectivity index (χ4n) is 3.21. The third kappa shape index (κ3) is 3.73. The molecule has 4 atom stereocenters. The zero-order valence-corrected chi connectivity index (χ0v) is 13.0. The Labute approximate surface area is 135 Å². The highest BCUT2D eigenvalue weighted by atomic mass is 16.3. The molecule has 6 N–H and O–H groups in total. The molecule has 126 valence electrons. The molecular weight excluding hydrogens is 296 g/mol. The van der Waals surface area contributed by atoms with E-state index in [4.69, 9.17) is 5.73 Å². The van der Waals surface area contributed by atoms with Gasteiger partial charge in [0.15, 0.2) is 0 Å². The Hall–Kier alpha value is -1.86. The standard InChI is InChI=1S/C16H24N4O3/c17-16(23)11-8-18-15(20-12-4-5-14(12)22)7-13(11)19-9-2-1-3-10(21)6-9/h7-10,12,14,21-22H,1-6H2,(H2,17,23)(H2,18,19,20). The number of hydrogen-bond acceptors (Lipinski definition) is 6. The lowest BCUT2D eigenvalue weighted by Crippen LogP contribution is -2.43. The first kappa shape index (κ1) is 16.0. The van der Waals surface area contributed by atoms with E-state index < -0.39 is 5.91 Å². The molecule has 2 aliphatic rings. The van der Waals surface area contributed by atoms with Crippen molar-refractivity contribution in [2.45, 2.75) is 62.8 Å². The van der Waals surface area contributed by atoms with Gasteiger partial charge in [-0.3, -0.25) is 4.79 Å². The number of hydrogen-bond donors (Lipinski definition) is 5. The number of carbonyl (C=O) groups excluding carboxylic acids is 1. The summed E-state index contributed by atoms with van der Waals surface area (Å²) < 4.78 is 0. The predicted molar refractivity (Wildman–Crippen MR) is 87.3 cm³/mol. The van der Waals surface area contributed by atoms with Gasteiger partial charge in [0.05, 0.1) is 29.5 Å². The van der Waals surface area contributed by atoms with Crippen LogP contribution in [0.3, 0.4) is 0 Å². The maximum atomic E-state index is 11.6. The highest BCUT2D eigenvalue weighted by Gasteiger charge is 2.29. The fraction of sp³-hybridized carbons (Fsp3) is 0.625. The Kier molecular flexibility index (Phi) is 4.68. The number of aliphatic hydroxyl groups is 2. The number of rotatable bonds is 5. The molecule has 1 aromatic heterocycles. The van der Waals surface area contributed by atoms with Crippen molar-refractivity contribution in [2.75, 3.05) is 10.6 Å². The third-order valence-electron chi connectivity index (χ3n) is 4.75. The minimum atomic E-state index is -0.536. The fourth-order valence-corrected chi connectivity index (χ4v) is 3.21. The number of pyridine rings is 1. The van der Waals surface area contributed by atoms with Crippen molar-refractivity contribution in [1.29, 1.82) is 0 Å². The van der Waals surface area contributed by atoms with Crippen molar-refractivity contribution in [1.82, 2.24) is 4.98 Å². The van der Waals surface area contributed by atoms with Crippen LogP contribution in [0.2, 0.25) is 0 Å². The molecule has 0 saturated heterocycles. The van der Waals surface area contributed by atoms with E-state index in [9.17, 15) is 15.0 Å². The van der Waals surface area contributed by atoms with Crippen LogP contribution in [-0.2, 0) is 0 Å². The van der Waals surface area contributed by atoms with Gasteiger partial charge in [0.2, 0.25) is 0 Å². The summed E-state index contributed by atoms with van der Waals surface area (Å²) >= 11 is 0. The van der Waals surface area contributed by atoms with Gasteiger partial charge in [-0.2, -0.15) is 0 Å². The van der Waals surface area contributed by atoms with E-state index in [2.05, 4.69) is 15.6 Å². The van der Waals surface area contributed by atoms with Gasteiger partial charge >= 0.3 is 0 Å². The second-order valence-electron chi connectivity index (χ2n) is 6.54. The molecule has 0 radical (unpaired) electrons. The van der Waals surface area contributed by atoms with Gasteiger partial charge in [0, 0.05) is 18.3 Å². The molecule has 0 aliphatic heterocycles. The highest BCUT2D eigenvalue weighted by molar-refractivity contribution is 5.98. The molecule has 1 amide bonds. The molecule has 1 heterocycles. The summed E-state index contributed by atoms with van der Waals surface area (Å²) in [6, 6.07) is 1.87. The van der Waals surface area contributed by atoms with E-state index in [1.807, 2.05) is 0 Å². The first-order valence-corrected chi connectivity index (χ1v) is 8.22. The van der Waals surface area contributed by atoms with Crippen LogP contribution in [-0.4, -0.2) is 45.4 Å². The Morgan fingerprint density at radius 3 is 2.65 bits per heavy atom. The van der Waals surface area contributed by atoms with Crippen molar-refractivity contribution in [3.8, 4) is 0 Å². The number of aromatic nitrogens is 1. The minimum absolute atomic E-state index is 0.00582. The molecular formula is C16H24N4O3. The van der Waals surface area contributed by atoms with Crippen LogP contribution < -0.4 is 16.4 Å². The average molecular weight is 320 g/mol. The van der Waals surface area contributed by atoms with Crippen LogP contribution in [0, 0.1) is 0 Å². The summed E-state index contributed by atoms with van der Waals surface area (Å²) in [4.78, 5) is 15.8. The van der Waals surface area contributed by atoms with Gasteiger partial charge < -0.3 is 26.6 Å². The SMILES string of the molecule is NC(=O)c1cnc(NC2CCC2O)cc1NC1CCCC(O)C1. The summed E-state index contributed by atoms with van der Waals surface area (Å²) in [5.74, 6) is 0.0733. The number of anilines is 2. The lowest BCUT2D eigenvalue weighted by atomic mass is 9.89. The van der Waals surface area contributed by atoms with E-state index in [0.717, 1.165) is 32.1 Å². The van der Waals surface area contributed by atoms with Gasteiger partial charge in [0.1, 0.15) is 5.82 Å². The van der Waals surface area contributed by atoms with E-state index in [1.54, 1.807) is 6.07 Å². The molecule has 1 aromatic rings. The largest absolute Gasteiger partial charge is 0.393 e. The number of nitrogens with zero attached hydrogens (tertiary/aromatic N) is 1. The second-order valence-corrected chi connectivity index (χ2v) is 6.54. The quantitative estimate of drug-likeness (QED) is 0.548. The first-order valence-electron chi connectivity index (χ1n) is 8.22. The van der Waals surface area contributed by atoms with Gasteiger partial charge in [-0.05, 0) is 38.5 Å². The zero-order chi connectivity index (χ0) is 16.4. The highest BCUT2D eigenvalue weighted by Crippen LogP contribution is 2.28. The van der Waals surface area contributed by atoms with Crippen molar-refractivity contribution in [3.63, 3.8) is 0 Å². The first-order chi connectivity index (χ1) is 11.0. The smallest absolute Gasteiger partial charge is 0.252 e. The maximum Gasteiger partial charge on any atom is 0.252 e. The average Bonchev–Trinajstić information content (AvgIpc) is 2.51. The molecule has 3 rings (SSSR count). The molecule has 23 heavy (non-hydrogen) atoms. The lowest BCUT2D eigenvalue weighted by Gasteiger charge is -2.33. The Morgan fingerprint density at radius 2 is 2.04 bits per heavy atom. The Morgan fingerprint density at radius 1 is 1.22 bits per heavy atom. The van der Waals surface area contributed by atoms with Gasteiger partial charge in [-0.15, -0.1) is 0 Å². The third-order valence-corrected chi connectivity index (χ3v) is 4.75. The lowest BCUT2D eigenvalue weighted by molar-refractivity contribution is 0.0784. The molecule has 7 nitrogen and oxygen atoms in total. The molecule has 0 aromatic carbocycles. The normalized spacial score (nSPS) is 30.3. The van der Waals surface area contributed by atoms with Gasteiger partial charge in [0.25, 0.3) is 5.91 Å². The maximum absolute atomic E-state index is 11.6. The monoisotopic (exact) mass is 320 g/mol. The molecule has 2 saturated carbocycles. The topological polar surface area (TPSA) is 121 Å². The van der Waals surface area contributed by atoms with Crippen LogP contribution in [0.4, 0.5) is 11.5 Å². The van der Waals surface area contributed by atoms with E-state index >= 15 is 0 Å². The van der Waals surface area contributed by atoms with Crippen molar-refractivity contribution < 1.29 is 15.0 Å². The van der Waals surface area contributed by atoms with Crippen molar-refractivity contribution in [3.05, 3.63) is 17.8 Å². The van der Waals surface area contributed by atoms with Crippen LogP contribution in [0.15, 0.2) is 12.3 Å². The van der Waals surface area contributed by atoms with Gasteiger partial charge in [-0.25, -0.2) is 4.98 Å². The Balaban J connectivity index is 1.75. The molecule has 2 aliphatic carbocycles. The van der Waals surface area contributed by atoms with Crippen molar-refractivity contribution in [2.24, 2.45) is 5.73 Å². The number of primary amides is 1. The minimum Gasteiger partial charge on any atom is -0.393 e. The summed E-state index contributed by atoms with van der Waals surface area (Å²) in [6.07, 6.45) is 5.88. The molecule has 4 unspecified atom stereocenters.